The second-order valence-corrected chi connectivity index (χ2v) is 6.40. The largest absolute Gasteiger partial charge is 0.354 e. The van der Waals surface area contributed by atoms with Crippen molar-refractivity contribution in [2.24, 2.45) is 5.73 Å². The number of carbonyl (C=O) groups is 1. The number of hydrogen-bond donors (Lipinski definition) is 3. The van der Waals surface area contributed by atoms with Gasteiger partial charge in [-0.2, -0.15) is 0 Å². The Balaban J connectivity index is 0.00000225. The van der Waals surface area contributed by atoms with Crippen molar-refractivity contribution in [2.45, 2.75) is 13.1 Å². The molecule has 1 amide bonds. The average Bonchev–Trinajstić information content (AvgIpc) is 3.03. The summed E-state index contributed by atoms with van der Waals surface area (Å²) in [5, 5.41) is 4.29. The summed E-state index contributed by atoms with van der Waals surface area (Å²) < 4.78 is 26.9. The molecular weight excluding hydrogens is 384 g/mol. The van der Waals surface area contributed by atoms with Crippen LogP contribution in [0.2, 0.25) is 0 Å². The van der Waals surface area contributed by atoms with E-state index in [0.717, 1.165) is 28.1 Å². The zero-order valence-corrected chi connectivity index (χ0v) is 15.6. The van der Waals surface area contributed by atoms with Crippen molar-refractivity contribution in [1.29, 1.82) is 0 Å². The molecule has 0 aliphatic heterocycles. The third kappa shape index (κ3) is 3.69. The molecule has 0 aliphatic rings. The molecule has 0 aliphatic carbocycles. The molecule has 0 saturated heterocycles. The smallest absolute Gasteiger partial charge is 0.251 e. The van der Waals surface area contributed by atoms with E-state index in [-0.39, 0.29) is 18.3 Å². The number of H-pyrrole nitrogens is 1. The van der Waals surface area contributed by atoms with Crippen LogP contribution in [0.3, 0.4) is 0 Å². The zero-order chi connectivity index (χ0) is 19.0. The lowest BCUT2D eigenvalue weighted by Crippen LogP contribution is -2.22. The van der Waals surface area contributed by atoms with E-state index in [2.05, 4.69) is 10.3 Å². The molecule has 0 bridgehead atoms. The van der Waals surface area contributed by atoms with Crippen LogP contribution in [0.1, 0.15) is 21.5 Å². The van der Waals surface area contributed by atoms with Gasteiger partial charge in [0.15, 0.2) is 11.6 Å². The van der Waals surface area contributed by atoms with Crippen molar-refractivity contribution in [3.8, 4) is 0 Å². The van der Waals surface area contributed by atoms with Gasteiger partial charge in [-0.1, -0.05) is 24.3 Å². The van der Waals surface area contributed by atoms with Gasteiger partial charge in [0.2, 0.25) is 0 Å². The Kier molecular flexibility index (Phi) is 5.63. The first kappa shape index (κ1) is 19.8. The van der Waals surface area contributed by atoms with Crippen LogP contribution >= 0.6 is 12.4 Å². The highest BCUT2D eigenvalue weighted by molar-refractivity contribution is 6.07. The van der Waals surface area contributed by atoms with E-state index in [1.54, 1.807) is 12.1 Å². The summed E-state index contributed by atoms with van der Waals surface area (Å²) in [5.41, 5.74) is 9.24. The molecular formula is C21H18ClF2N3O. The number of benzene rings is 3. The molecule has 1 aromatic heterocycles. The van der Waals surface area contributed by atoms with E-state index in [1.165, 1.54) is 6.07 Å². The highest BCUT2D eigenvalue weighted by atomic mass is 35.5. The predicted octanol–water partition coefficient (Wildman–Crippen LogP) is 4.41. The zero-order valence-electron chi connectivity index (χ0n) is 14.8. The molecule has 0 saturated carbocycles. The number of nitrogens with two attached hydrogens (primary N) is 1. The molecule has 0 fully saturated rings. The van der Waals surface area contributed by atoms with Gasteiger partial charge in [0.05, 0.1) is 0 Å². The van der Waals surface area contributed by atoms with Gasteiger partial charge in [0.1, 0.15) is 0 Å². The maximum Gasteiger partial charge on any atom is 0.251 e. The normalized spacial score (nSPS) is 10.8. The molecule has 0 spiro atoms. The van der Waals surface area contributed by atoms with E-state index in [4.69, 9.17) is 5.73 Å². The van der Waals surface area contributed by atoms with Crippen LogP contribution in [-0.4, -0.2) is 10.9 Å². The monoisotopic (exact) mass is 401 g/mol. The summed E-state index contributed by atoms with van der Waals surface area (Å²) in [5.74, 6) is -1.94. The van der Waals surface area contributed by atoms with Crippen LogP contribution in [-0.2, 0) is 13.1 Å². The van der Waals surface area contributed by atoms with E-state index in [0.29, 0.717) is 29.6 Å². The molecule has 4 N–H and O–H groups in total. The van der Waals surface area contributed by atoms with Crippen LogP contribution in [0, 0.1) is 11.6 Å². The van der Waals surface area contributed by atoms with Gasteiger partial charge in [-0.15, -0.1) is 12.4 Å². The van der Waals surface area contributed by atoms with E-state index >= 15 is 0 Å². The van der Waals surface area contributed by atoms with Gasteiger partial charge in [-0.25, -0.2) is 8.78 Å². The summed E-state index contributed by atoms with van der Waals surface area (Å²) in [6.07, 6.45) is 0. The molecule has 0 atom stereocenters. The van der Waals surface area contributed by atoms with Crippen molar-refractivity contribution < 1.29 is 13.6 Å². The highest BCUT2D eigenvalue weighted by Crippen LogP contribution is 2.28. The first-order chi connectivity index (χ1) is 13.0. The Labute approximate surface area is 166 Å². The highest BCUT2D eigenvalue weighted by Gasteiger charge is 2.11. The van der Waals surface area contributed by atoms with E-state index in [9.17, 15) is 13.6 Å². The van der Waals surface area contributed by atoms with Crippen LogP contribution in [0.25, 0.3) is 21.8 Å². The predicted molar refractivity (Wildman–Crippen MR) is 108 cm³/mol. The number of rotatable bonds is 4. The summed E-state index contributed by atoms with van der Waals surface area (Å²) in [4.78, 5) is 15.4. The molecule has 7 heteroatoms. The van der Waals surface area contributed by atoms with Crippen LogP contribution < -0.4 is 11.1 Å². The van der Waals surface area contributed by atoms with Gasteiger partial charge >= 0.3 is 0 Å². The van der Waals surface area contributed by atoms with Crippen molar-refractivity contribution in [3.05, 3.63) is 82.9 Å². The maximum atomic E-state index is 13.5. The number of hydrogen-bond acceptors (Lipinski definition) is 2. The third-order valence-electron chi connectivity index (χ3n) is 4.61. The second-order valence-electron chi connectivity index (χ2n) is 6.40. The van der Waals surface area contributed by atoms with Crippen molar-refractivity contribution in [2.75, 3.05) is 0 Å². The lowest BCUT2D eigenvalue weighted by atomic mass is 10.1. The SMILES string of the molecule is Cl.NCc1ccc(C(=O)NCc2ccc3c(c2)[nH]c2cc(F)c(F)cc23)cc1. The number of aromatic amines is 1. The molecule has 4 aromatic rings. The summed E-state index contributed by atoms with van der Waals surface area (Å²) in [6, 6.07) is 15.0. The molecule has 0 radical (unpaired) electrons. The first-order valence-electron chi connectivity index (χ1n) is 8.52. The van der Waals surface area contributed by atoms with Gasteiger partial charge in [-0.3, -0.25) is 4.79 Å². The van der Waals surface area contributed by atoms with Crippen molar-refractivity contribution in [3.63, 3.8) is 0 Å². The summed E-state index contributed by atoms with van der Waals surface area (Å²) in [6.45, 7) is 0.770. The van der Waals surface area contributed by atoms with Crippen molar-refractivity contribution in [1.82, 2.24) is 10.3 Å². The fourth-order valence-corrected chi connectivity index (χ4v) is 3.13. The standard InChI is InChI=1S/C21H17F2N3O.ClH/c22-17-8-16-15-6-3-13(7-19(15)26-20(16)9-18(17)23)11-25-21(27)14-4-1-12(10-24)2-5-14;/h1-9,26H,10-11,24H2,(H,25,27);1H. The van der Waals surface area contributed by atoms with Gasteiger partial charge in [-0.05, 0) is 35.4 Å². The molecule has 3 aromatic carbocycles. The first-order valence-corrected chi connectivity index (χ1v) is 8.52. The summed E-state index contributed by atoms with van der Waals surface area (Å²) >= 11 is 0. The molecule has 1 heterocycles. The van der Waals surface area contributed by atoms with E-state index in [1.807, 2.05) is 30.3 Å². The Morgan fingerprint density at radius 1 is 0.893 bits per heavy atom. The molecule has 144 valence electrons. The molecule has 28 heavy (non-hydrogen) atoms. The number of aromatic nitrogens is 1. The molecule has 0 unspecified atom stereocenters. The lowest BCUT2D eigenvalue weighted by Gasteiger charge is -2.06. The van der Waals surface area contributed by atoms with Crippen LogP contribution in [0.4, 0.5) is 8.78 Å². The average molecular weight is 402 g/mol. The number of fused-ring (bicyclic) bond motifs is 3. The number of nitrogens with one attached hydrogen (secondary N) is 2. The van der Waals surface area contributed by atoms with Crippen LogP contribution in [0.15, 0.2) is 54.6 Å². The number of amides is 1. The molecule has 4 nitrogen and oxygen atoms in total. The van der Waals surface area contributed by atoms with Gasteiger partial charge in [0, 0.05) is 46.5 Å². The Bertz CT molecular complexity index is 1160. The Hall–Kier alpha value is -2.96. The molecule has 4 rings (SSSR count). The third-order valence-corrected chi connectivity index (χ3v) is 4.61. The number of halogens is 3. The lowest BCUT2D eigenvalue weighted by molar-refractivity contribution is 0.0951. The van der Waals surface area contributed by atoms with Crippen molar-refractivity contribution >= 4 is 40.1 Å². The quantitative estimate of drug-likeness (QED) is 0.474. The van der Waals surface area contributed by atoms with Crippen LogP contribution in [0.5, 0.6) is 0 Å². The summed E-state index contributed by atoms with van der Waals surface area (Å²) in [7, 11) is 0. The minimum atomic E-state index is -0.887. The van der Waals surface area contributed by atoms with E-state index < -0.39 is 11.6 Å². The topological polar surface area (TPSA) is 70.9 Å². The second kappa shape index (κ2) is 7.96. The van der Waals surface area contributed by atoms with Gasteiger partial charge < -0.3 is 16.0 Å². The Morgan fingerprint density at radius 2 is 1.54 bits per heavy atom. The number of carbonyl (C=O) groups excluding carboxylic acids is 1. The minimum Gasteiger partial charge on any atom is -0.354 e. The fourth-order valence-electron chi connectivity index (χ4n) is 3.13. The van der Waals surface area contributed by atoms with Gasteiger partial charge in [0.25, 0.3) is 5.91 Å². The fraction of sp³-hybridized carbons (Fsp3) is 0.0952. The maximum absolute atomic E-state index is 13.5. The Morgan fingerprint density at radius 3 is 2.25 bits per heavy atom. The minimum absolute atomic E-state index is 0.